The molecule has 0 radical (unpaired) electrons. The van der Waals surface area contributed by atoms with E-state index in [0.29, 0.717) is 0 Å². The second-order valence-corrected chi connectivity index (χ2v) is 3.96. The first-order valence-electron chi connectivity index (χ1n) is 5.12. The molecule has 0 spiro atoms. The van der Waals surface area contributed by atoms with Crippen LogP contribution in [0, 0.1) is 0 Å². The lowest BCUT2D eigenvalue weighted by Gasteiger charge is -2.21. The van der Waals surface area contributed by atoms with Crippen LogP contribution in [0.3, 0.4) is 0 Å². The SMILES string of the molecule is O=C(c1ccc(Cl)cc1O)N(CCO)CC(F)F. The molecule has 4 nitrogen and oxygen atoms in total. The molecule has 0 aromatic heterocycles. The van der Waals surface area contributed by atoms with Gasteiger partial charge in [-0.25, -0.2) is 8.78 Å². The molecule has 0 saturated carbocycles. The van der Waals surface area contributed by atoms with E-state index < -0.39 is 25.5 Å². The average molecular weight is 280 g/mol. The number of hydrogen-bond donors (Lipinski definition) is 2. The number of phenolic OH excluding ortho intramolecular Hbond substituents is 1. The summed E-state index contributed by atoms with van der Waals surface area (Å²) in [4.78, 5) is 12.7. The summed E-state index contributed by atoms with van der Waals surface area (Å²) in [5, 5.41) is 18.5. The first-order valence-corrected chi connectivity index (χ1v) is 5.50. The molecule has 100 valence electrons. The van der Waals surface area contributed by atoms with Gasteiger partial charge >= 0.3 is 0 Å². The predicted molar refractivity (Wildman–Crippen MR) is 62.1 cm³/mol. The summed E-state index contributed by atoms with van der Waals surface area (Å²) in [5.74, 6) is -1.16. The fraction of sp³-hybridized carbons (Fsp3) is 0.364. The Bertz CT molecular complexity index is 429. The maximum atomic E-state index is 12.3. The molecule has 1 rings (SSSR count). The van der Waals surface area contributed by atoms with E-state index in [2.05, 4.69) is 0 Å². The zero-order valence-electron chi connectivity index (χ0n) is 9.31. The first-order chi connectivity index (χ1) is 8.45. The van der Waals surface area contributed by atoms with Gasteiger partial charge in [0.1, 0.15) is 5.75 Å². The lowest BCUT2D eigenvalue weighted by Crippen LogP contribution is -2.37. The molecule has 0 aliphatic carbocycles. The molecule has 1 aromatic rings. The van der Waals surface area contributed by atoms with Crippen LogP contribution in [0.2, 0.25) is 5.02 Å². The van der Waals surface area contributed by atoms with Crippen LogP contribution in [0.1, 0.15) is 10.4 Å². The molecular formula is C11H12ClF2NO3. The van der Waals surface area contributed by atoms with E-state index in [0.717, 1.165) is 11.0 Å². The van der Waals surface area contributed by atoms with Crippen LogP contribution >= 0.6 is 11.6 Å². The lowest BCUT2D eigenvalue weighted by atomic mass is 10.1. The van der Waals surface area contributed by atoms with Gasteiger partial charge in [-0.3, -0.25) is 4.79 Å². The topological polar surface area (TPSA) is 60.8 Å². The number of halogens is 3. The van der Waals surface area contributed by atoms with Crippen LogP contribution < -0.4 is 0 Å². The third-order valence-electron chi connectivity index (χ3n) is 2.21. The number of rotatable bonds is 5. The van der Waals surface area contributed by atoms with Gasteiger partial charge in [0.05, 0.1) is 18.7 Å². The van der Waals surface area contributed by atoms with Crippen molar-refractivity contribution in [3.8, 4) is 5.75 Å². The van der Waals surface area contributed by atoms with Gasteiger partial charge in [-0.05, 0) is 18.2 Å². The van der Waals surface area contributed by atoms with Crippen molar-refractivity contribution in [3.63, 3.8) is 0 Å². The normalized spacial score (nSPS) is 10.7. The quantitative estimate of drug-likeness (QED) is 0.863. The Hall–Kier alpha value is -1.40. The molecule has 0 atom stereocenters. The van der Waals surface area contributed by atoms with Gasteiger partial charge in [-0.1, -0.05) is 11.6 Å². The largest absolute Gasteiger partial charge is 0.507 e. The molecule has 0 heterocycles. The van der Waals surface area contributed by atoms with E-state index in [1.807, 2.05) is 0 Å². The van der Waals surface area contributed by atoms with Crippen molar-refractivity contribution in [3.05, 3.63) is 28.8 Å². The number of carbonyl (C=O) groups is 1. The molecule has 0 fully saturated rings. The smallest absolute Gasteiger partial charge is 0.257 e. The number of alkyl halides is 2. The van der Waals surface area contributed by atoms with Gasteiger partial charge < -0.3 is 15.1 Å². The van der Waals surface area contributed by atoms with Crippen molar-refractivity contribution >= 4 is 17.5 Å². The number of hydrogen-bond acceptors (Lipinski definition) is 3. The second-order valence-electron chi connectivity index (χ2n) is 3.53. The van der Waals surface area contributed by atoms with E-state index in [4.69, 9.17) is 16.7 Å². The number of carbonyl (C=O) groups excluding carboxylic acids is 1. The molecule has 0 saturated heterocycles. The molecule has 18 heavy (non-hydrogen) atoms. The summed E-state index contributed by atoms with van der Waals surface area (Å²) in [6, 6.07) is 3.76. The summed E-state index contributed by atoms with van der Waals surface area (Å²) in [7, 11) is 0. The highest BCUT2D eigenvalue weighted by Gasteiger charge is 2.21. The van der Waals surface area contributed by atoms with Crippen molar-refractivity contribution in [2.75, 3.05) is 19.7 Å². The number of amides is 1. The minimum absolute atomic E-state index is 0.131. The average Bonchev–Trinajstić information content (AvgIpc) is 2.27. The molecular weight excluding hydrogens is 268 g/mol. The van der Waals surface area contributed by atoms with E-state index in [9.17, 15) is 18.7 Å². The van der Waals surface area contributed by atoms with Gasteiger partial charge in [0.15, 0.2) is 0 Å². The highest BCUT2D eigenvalue weighted by atomic mass is 35.5. The highest BCUT2D eigenvalue weighted by Crippen LogP contribution is 2.23. The summed E-state index contributed by atoms with van der Waals surface area (Å²) in [6.45, 7) is -1.47. The van der Waals surface area contributed by atoms with Gasteiger partial charge in [0, 0.05) is 11.6 Å². The summed E-state index contributed by atoms with van der Waals surface area (Å²) in [6.07, 6.45) is -2.71. The Morgan fingerprint density at radius 2 is 2.11 bits per heavy atom. The minimum Gasteiger partial charge on any atom is -0.507 e. The maximum absolute atomic E-state index is 12.3. The zero-order valence-corrected chi connectivity index (χ0v) is 10.1. The Morgan fingerprint density at radius 1 is 1.44 bits per heavy atom. The van der Waals surface area contributed by atoms with Gasteiger partial charge in [-0.2, -0.15) is 0 Å². The Kier molecular flexibility index (Phi) is 5.30. The summed E-state index contributed by atoms with van der Waals surface area (Å²) >= 11 is 5.60. The van der Waals surface area contributed by atoms with Gasteiger partial charge in [0.2, 0.25) is 0 Å². The molecule has 0 aliphatic rings. The van der Waals surface area contributed by atoms with E-state index in [1.165, 1.54) is 12.1 Å². The molecule has 0 aliphatic heterocycles. The molecule has 2 N–H and O–H groups in total. The summed E-state index contributed by atoms with van der Waals surface area (Å²) < 4.78 is 24.6. The Balaban J connectivity index is 2.94. The van der Waals surface area contributed by atoms with Crippen molar-refractivity contribution in [1.29, 1.82) is 0 Å². The number of benzene rings is 1. The first kappa shape index (κ1) is 14.7. The maximum Gasteiger partial charge on any atom is 0.257 e. The Morgan fingerprint density at radius 3 is 2.61 bits per heavy atom. The van der Waals surface area contributed by atoms with Crippen LogP contribution in [0.4, 0.5) is 8.78 Å². The van der Waals surface area contributed by atoms with E-state index in [-0.39, 0.29) is 22.9 Å². The zero-order chi connectivity index (χ0) is 13.7. The molecule has 0 bridgehead atoms. The van der Waals surface area contributed by atoms with Crippen LogP contribution in [-0.2, 0) is 0 Å². The number of aromatic hydroxyl groups is 1. The minimum atomic E-state index is -2.71. The van der Waals surface area contributed by atoms with Crippen LogP contribution in [0.25, 0.3) is 0 Å². The van der Waals surface area contributed by atoms with Gasteiger partial charge in [-0.15, -0.1) is 0 Å². The van der Waals surface area contributed by atoms with Crippen molar-refractivity contribution in [2.45, 2.75) is 6.43 Å². The molecule has 7 heteroatoms. The van der Waals surface area contributed by atoms with E-state index in [1.54, 1.807) is 0 Å². The lowest BCUT2D eigenvalue weighted by molar-refractivity contribution is 0.0506. The highest BCUT2D eigenvalue weighted by molar-refractivity contribution is 6.30. The van der Waals surface area contributed by atoms with Crippen LogP contribution in [0.15, 0.2) is 18.2 Å². The van der Waals surface area contributed by atoms with Crippen molar-refractivity contribution < 1.29 is 23.8 Å². The number of aliphatic hydroxyl groups is 1. The predicted octanol–water partition coefficient (Wildman–Crippen LogP) is 1.75. The van der Waals surface area contributed by atoms with Gasteiger partial charge in [0.25, 0.3) is 12.3 Å². The fourth-order valence-corrected chi connectivity index (χ4v) is 1.59. The Labute approximate surface area is 107 Å². The van der Waals surface area contributed by atoms with E-state index >= 15 is 0 Å². The third kappa shape index (κ3) is 3.82. The monoisotopic (exact) mass is 279 g/mol. The molecule has 0 unspecified atom stereocenters. The molecule has 1 aromatic carbocycles. The standard InChI is InChI=1S/C11H12ClF2NO3/c12-7-1-2-8(9(17)5-7)11(18)15(3-4-16)6-10(13)14/h1-2,5,10,16-17H,3-4,6H2. The number of nitrogens with zero attached hydrogens (tertiary/aromatic N) is 1. The summed E-state index contributed by atoms with van der Waals surface area (Å²) in [5.41, 5.74) is -0.131. The second kappa shape index (κ2) is 6.51. The van der Waals surface area contributed by atoms with Crippen molar-refractivity contribution in [1.82, 2.24) is 4.90 Å². The number of phenols is 1. The molecule has 1 amide bonds. The number of aliphatic hydroxyl groups excluding tert-OH is 1. The fourth-order valence-electron chi connectivity index (χ4n) is 1.42. The third-order valence-corrected chi connectivity index (χ3v) is 2.44. The van der Waals surface area contributed by atoms with Crippen molar-refractivity contribution in [2.24, 2.45) is 0 Å². The van der Waals surface area contributed by atoms with Crippen LogP contribution in [-0.4, -0.2) is 47.1 Å². The van der Waals surface area contributed by atoms with Crippen LogP contribution in [0.5, 0.6) is 5.75 Å².